The van der Waals surface area contributed by atoms with Crippen molar-refractivity contribution >= 4 is 17.4 Å². The van der Waals surface area contributed by atoms with Gasteiger partial charge in [0, 0.05) is 5.92 Å². The number of rotatable bonds is 6. The van der Waals surface area contributed by atoms with Gasteiger partial charge in [-0.05, 0) is 24.0 Å². The van der Waals surface area contributed by atoms with Gasteiger partial charge in [0.25, 0.3) is 5.56 Å². The van der Waals surface area contributed by atoms with E-state index < -0.39 is 11.2 Å². The summed E-state index contributed by atoms with van der Waals surface area (Å²) >= 11 is 0. The molecule has 0 bridgehead atoms. The number of nitrogen functional groups attached to an aromatic ring is 1. The minimum atomic E-state index is -0.651. The quantitative estimate of drug-likeness (QED) is 0.673. The minimum Gasteiger partial charge on any atom is -0.383 e. The van der Waals surface area contributed by atoms with Crippen molar-refractivity contribution in [1.82, 2.24) is 9.55 Å². The zero-order chi connectivity index (χ0) is 20.4. The Labute approximate surface area is 167 Å². The van der Waals surface area contributed by atoms with Gasteiger partial charge in [0.05, 0.1) is 13.1 Å². The summed E-state index contributed by atoms with van der Waals surface area (Å²) < 4.78 is 1.30. The van der Waals surface area contributed by atoms with Gasteiger partial charge in [0.2, 0.25) is 5.91 Å². The van der Waals surface area contributed by atoms with Crippen molar-refractivity contribution in [3.8, 4) is 0 Å². The molecule has 148 valence electrons. The van der Waals surface area contributed by atoms with Crippen LogP contribution < -0.4 is 21.9 Å². The number of H-pyrrole nitrogens is 1. The maximum absolute atomic E-state index is 13.0. The predicted octanol–water partition coefficient (Wildman–Crippen LogP) is 2.11. The number of benzene rings is 2. The Morgan fingerprint density at radius 3 is 2.17 bits per heavy atom. The molecule has 0 spiro atoms. The second kappa shape index (κ2) is 7.79. The Bertz CT molecular complexity index is 1130. The van der Waals surface area contributed by atoms with Gasteiger partial charge >= 0.3 is 5.69 Å². The predicted molar refractivity (Wildman–Crippen MR) is 112 cm³/mol. The molecule has 0 aliphatic heterocycles. The van der Waals surface area contributed by atoms with Gasteiger partial charge in [0.1, 0.15) is 5.82 Å². The minimum absolute atomic E-state index is 0.00691. The lowest BCUT2D eigenvalue weighted by molar-refractivity contribution is -0.119. The Balaban J connectivity index is 1.79. The van der Waals surface area contributed by atoms with Gasteiger partial charge in [-0.15, -0.1) is 0 Å². The lowest BCUT2D eigenvalue weighted by atomic mass is 10.2. The van der Waals surface area contributed by atoms with Crippen LogP contribution in [0.15, 0.2) is 70.3 Å². The molecule has 1 saturated carbocycles. The average Bonchev–Trinajstić information content (AvgIpc) is 3.57. The highest BCUT2D eigenvalue weighted by Crippen LogP contribution is 2.34. The standard InChI is InChI=1S/C22H22N4O3/c23-19-18(20(27)24-22(29)26(19)14-16-9-5-2-6-10-16)25(21(28)17-11-12-17)13-15-7-3-1-4-8-15/h1-10,17H,11-14,23H2,(H,24,27,29). The molecule has 1 aliphatic carbocycles. The van der Waals surface area contributed by atoms with Crippen LogP contribution in [0, 0.1) is 5.92 Å². The molecule has 0 unspecified atom stereocenters. The van der Waals surface area contributed by atoms with Crippen molar-refractivity contribution < 1.29 is 4.79 Å². The van der Waals surface area contributed by atoms with E-state index in [-0.39, 0.29) is 36.4 Å². The van der Waals surface area contributed by atoms with E-state index in [0.717, 1.165) is 24.0 Å². The normalized spacial score (nSPS) is 13.2. The van der Waals surface area contributed by atoms with E-state index in [4.69, 9.17) is 5.73 Å². The summed E-state index contributed by atoms with van der Waals surface area (Å²) in [6.07, 6.45) is 1.59. The molecule has 1 amide bonds. The number of aromatic nitrogens is 2. The maximum Gasteiger partial charge on any atom is 0.330 e. The molecule has 1 fully saturated rings. The molecule has 0 atom stereocenters. The summed E-state index contributed by atoms with van der Waals surface area (Å²) in [5.41, 5.74) is 6.81. The lowest BCUT2D eigenvalue weighted by Crippen LogP contribution is -2.41. The van der Waals surface area contributed by atoms with E-state index in [1.54, 1.807) is 0 Å². The second-order valence-corrected chi connectivity index (χ2v) is 7.25. The average molecular weight is 390 g/mol. The van der Waals surface area contributed by atoms with Gasteiger partial charge in [-0.1, -0.05) is 60.7 Å². The number of anilines is 2. The zero-order valence-electron chi connectivity index (χ0n) is 15.9. The van der Waals surface area contributed by atoms with E-state index in [0.29, 0.717) is 0 Å². The smallest absolute Gasteiger partial charge is 0.330 e. The number of nitrogens with zero attached hydrogens (tertiary/aromatic N) is 2. The molecule has 2 aromatic carbocycles. The topological polar surface area (TPSA) is 101 Å². The fourth-order valence-electron chi connectivity index (χ4n) is 3.35. The summed E-state index contributed by atoms with van der Waals surface area (Å²) in [7, 11) is 0. The first-order valence-electron chi connectivity index (χ1n) is 9.56. The number of carbonyl (C=O) groups is 1. The van der Waals surface area contributed by atoms with Crippen LogP contribution in [0.1, 0.15) is 24.0 Å². The zero-order valence-corrected chi connectivity index (χ0v) is 15.9. The van der Waals surface area contributed by atoms with Crippen molar-refractivity contribution in [2.24, 2.45) is 5.92 Å². The summed E-state index contributed by atoms with van der Waals surface area (Å²) in [6.45, 7) is 0.416. The fraction of sp³-hybridized carbons (Fsp3) is 0.227. The molecule has 3 N–H and O–H groups in total. The van der Waals surface area contributed by atoms with Crippen molar-refractivity contribution in [3.05, 3.63) is 92.6 Å². The monoisotopic (exact) mass is 390 g/mol. The molecule has 0 radical (unpaired) electrons. The van der Waals surface area contributed by atoms with E-state index in [1.807, 2.05) is 60.7 Å². The molecule has 1 aliphatic rings. The third kappa shape index (κ3) is 3.99. The summed E-state index contributed by atoms with van der Waals surface area (Å²) in [5, 5.41) is 0. The number of nitrogens with one attached hydrogen (secondary N) is 1. The first-order valence-corrected chi connectivity index (χ1v) is 9.56. The molecule has 4 rings (SSSR count). The third-order valence-electron chi connectivity index (χ3n) is 5.04. The summed E-state index contributed by atoms with van der Waals surface area (Å²) in [6, 6.07) is 18.7. The highest BCUT2D eigenvalue weighted by Gasteiger charge is 2.36. The maximum atomic E-state index is 13.0. The number of nitrogens with two attached hydrogens (primary N) is 1. The fourth-order valence-corrected chi connectivity index (χ4v) is 3.35. The number of hydrogen-bond acceptors (Lipinski definition) is 4. The van der Waals surface area contributed by atoms with Gasteiger partial charge in [-0.2, -0.15) is 0 Å². The van der Waals surface area contributed by atoms with Crippen LogP contribution in [0.25, 0.3) is 0 Å². The van der Waals surface area contributed by atoms with Gasteiger partial charge < -0.3 is 5.73 Å². The van der Waals surface area contributed by atoms with E-state index in [9.17, 15) is 14.4 Å². The highest BCUT2D eigenvalue weighted by atomic mass is 16.2. The number of hydrogen-bond donors (Lipinski definition) is 2. The van der Waals surface area contributed by atoms with Crippen LogP contribution >= 0.6 is 0 Å². The van der Waals surface area contributed by atoms with E-state index in [2.05, 4.69) is 4.98 Å². The lowest BCUT2D eigenvalue weighted by Gasteiger charge is -2.25. The SMILES string of the molecule is Nc1c(N(Cc2ccccc2)C(=O)C2CC2)c(=O)[nH]c(=O)n1Cc1ccccc1. The Morgan fingerprint density at radius 2 is 1.59 bits per heavy atom. The number of amides is 1. The summed E-state index contributed by atoms with van der Waals surface area (Å²) in [4.78, 5) is 41.9. The van der Waals surface area contributed by atoms with Crippen LogP contribution in [0.2, 0.25) is 0 Å². The van der Waals surface area contributed by atoms with Gasteiger partial charge in [0.15, 0.2) is 5.69 Å². The number of aromatic amines is 1. The van der Waals surface area contributed by atoms with Gasteiger partial charge in [-0.25, -0.2) is 4.79 Å². The van der Waals surface area contributed by atoms with Crippen LogP contribution in [0.5, 0.6) is 0 Å². The van der Waals surface area contributed by atoms with Crippen molar-refractivity contribution in [3.63, 3.8) is 0 Å². The van der Waals surface area contributed by atoms with Crippen LogP contribution in [-0.4, -0.2) is 15.5 Å². The molecule has 1 heterocycles. The molecule has 1 aromatic heterocycles. The molecule has 7 heteroatoms. The number of carbonyl (C=O) groups excluding carboxylic acids is 1. The molecule has 0 saturated heterocycles. The van der Waals surface area contributed by atoms with Crippen molar-refractivity contribution in [2.75, 3.05) is 10.6 Å². The molecule has 3 aromatic rings. The van der Waals surface area contributed by atoms with E-state index in [1.165, 1.54) is 9.47 Å². The first kappa shape index (κ1) is 18.7. The second-order valence-electron chi connectivity index (χ2n) is 7.25. The highest BCUT2D eigenvalue weighted by molar-refractivity contribution is 5.98. The molecular formula is C22H22N4O3. The first-order chi connectivity index (χ1) is 14.0. The molecule has 29 heavy (non-hydrogen) atoms. The Morgan fingerprint density at radius 1 is 1.00 bits per heavy atom. The third-order valence-corrected chi connectivity index (χ3v) is 5.04. The van der Waals surface area contributed by atoms with E-state index >= 15 is 0 Å². The Kier molecular flexibility index (Phi) is 5.03. The van der Waals surface area contributed by atoms with Crippen molar-refractivity contribution in [1.29, 1.82) is 0 Å². The molecule has 7 nitrogen and oxygen atoms in total. The van der Waals surface area contributed by atoms with Gasteiger partial charge in [-0.3, -0.25) is 24.0 Å². The largest absolute Gasteiger partial charge is 0.383 e. The summed E-state index contributed by atoms with van der Waals surface area (Å²) in [5.74, 6) is -0.254. The molecular weight excluding hydrogens is 368 g/mol. The van der Waals surface area contributed by atoms with Crippen LogP contribution in [0.4, 0.5) is 11.5 Å². The van der Waals surface area contributed by atoms with Crippen LogP contribution in [0.3, 0.4) is 0 Å². The van der Waals surface area contributed by atoms with Crippen LogP contribution in [-0.2, 0) is 17.9 Å². The Hall–Kier alpha value is -3.61. The van der Waals surface area contributed by atoms with Crippen molar-refractivity contribution in [2.45, 2.75) is 25.9 Å².